The second-order valence-electron chi connectivity index (χ2n) is 4.06. The van der Waals surface area contributed by atoms with E-state index in [-0.39, 0.29) is 0 Å². The van der Waals surface area contributed by atoms with Crippen LogP contribution in [0.1, 0.15) is 26.7 Å². The van der Waals surface area contributed by atoms with Crippen LogP contribution in [-0.4, -0.2) is 34.7 Å². The van der Waals surface area contributed by atoms with Crippen LogP contribution in [0.5, 0.6) is 0 Å². The molecule has 0 amide bonds. The van der Waals surface area contributed by atoms with Gasteiger partial charge in [-0.25, -0.2) is 0 Å². The minimum atomic E-state index is 0.352. The molecule has 1 fully saturated rings. The fourth-order valence-electron chi connectivity index (χ4n) is 1.54. The Morgan fingerprint density at radius 1 is 1.56 bits per heavy atom. The number of hydrogen-bond acceptors (Lipinski definition) is 6. The van der Waals surface area contributed by atoms with Gasteiger partial charge in [-0.1, -0.05) is 36.9 Å². The number of ether oxygens (including phenoxy) is 1. The number of anilines is 1. The van der Waals surface area contributed by atoms with Gasteiger partial charge in [-0.05, 0) is 12.8 Å². The second kappa shape index (κ2) is 5.84. The quantitative estimate of drug-likeness (QED) is 0.824. The van der Waals surface area contributed by atoms with Crippen LogP contribution in [0.15, 0.2) is 4.34 Å². The molecule has 1 N–H and O–H groups in total. The number of nitrogens with zero attached hydrogens (tertiary/aromatic N) is 2. The highest BCUT2D eigenvalue weighted by Gasteiger charge is 2.15. The van der Waals surface area contributed by atoms with E-state index in [0.717, 1.165) is 29.0 Å². The molecule has 0 aromatic carbocycles. The van der Waals surface area contributed by atoms with Gasteiger partial charge in [0.15, 0.2) is 4.34 Å². The lowest BCUT2D eigenvalue weighted by atomic mass is 10.2. The van der Waals surface area contributed by atoms with Crippen LogP contribution < -0.4 is 5.32 Å². The molecule has 90 valence electrons. The SMILES string of the molecule is CC(C)Sc1nnc(NCC2CCCO2)s1. The van der Waals surface area contributed by atoms with E-state index in [1.807, 2.05) is 0 Å². The minimum absolute atomic E-state index is 0.352. The van der Waals surface area contributed by atoms with Crippen molar-refractivity contribution in [3.8, 4) is 0 Å². The van der Waals surface area contributed by atoms with Crippen molar-refractivity contribution in [2.75, 3.05) is 18.5 Å². The molecule has 1 aliphatic heterocycles. The van der Waals surface area contributed by atoms with Crippen molar-refractivity contribution in [3.05, 3.63) is 0 Å². The Labute approximate surface area is 104 Å². The Bertz CT molecular complexity index is 324. The summed E-state index contributed by atoms with van der Waals surface area (Å²) in [6.45, 7) is 6.06. The van der Waals surface area contributed by atoms with Crippen molar-refractivity contribution in [1.29, 1.82) is 0 Å². The van der Waals surface area contributed by atoms with Crippen LogP contribution in [0.4, 0.5) is 5.13 Å². The molecule has 1 aromatic rings. The van der Waals surface area contributed by atoms with E-state index in [0.29, 0.717) is 11.4 Å². The normalized spacial score (nSPS) is 20.6. The van der Waals surface area contributed by atoms with Gasteiger partial charge in [0.2, 0.25) is 5.13 Å². The van der Waals surface area contributed by atoms with Crippen LogP contribution in [0, 0.1) is 0 Å². The van der Waals surface area contributed by atoms with E-state index in [2.05, 4.69) is 29.4 Å². The van der Waals surface area contributed by atoms with Crippen LogP contribution in [0.3, 0.4) is 0 Å². The van der Waals surface area contributed by atoms with E-state index < -0.39 is 0 Å². The molecule has 6 heteroatoms. The summed E-state index contributed by atoms with van der Waals surface area (Å²) < 4.78 is 6.57. The maximum absolute atomic E-state index is 5.53. The van der Waals surface area contributed by atoms with Crippen molar-refractivity contribution >= 4 is 28.2 Å². The van der Waals surface area contributed by atoms with E-state index in [9.17, 15) is 0 Å². The Morgan fingerprint density at radius 2 is 2.44 bits per heavy atom. The molecule has 0 saturated carbocycles. The monoisotopic (exact) mass is 259 g/mol. The molecule has 1 saturated heterocycles. The molecule has 1 aliphatic rings. The molecule has 4 nitrogen and oxygen atoms in total. The lowest BCUT2D eigenvalue weighted by molar-refractivity contribution is 0.120. The lowest BCUT2D eigenvalue weighted by Crippen LogP contribution is -2.18. The van der Waals surface area contributed by atoms with E-state index >= 15 is 0 Å². The molecule has 2 rings (SSSR count). The first-order valence-corrected chi connectivity index (χ1v) is 7.29. The van der Waals surface area contributed by atoms with Crippen molar-refractivity contribution in [2.24, 2.45) is 0 Å². The van der Waals surface area contributed by atoms with Crippen molar-refractivity contribution in [3.63, 3.8) is 0 Å². The lowest BCUT2D eigenvalue weighted by Gasteiger charge is -2.08. The fraction of sp³-hybridized carbons (Fsp3) is 0.800. The van der Waals surface area contributed by atoms with E-state index in [1.165, 1.54) is 6.42 Å². The van der Waals surface area contributed by atoms with Gasteiger partial charge in [-0.15, -0.1) is 10.2 Å². The highest BCUT2D eigenvalue weighted by Crippen LogP contribution is 2.28. The Balaban J connectivity index is 1.78. The molecule has 0 spiro atoms. The minimum Gasteiger partial charge on any atom is -0.376 e. The third-order valence-electron chi connectivity index (χ3n) is 2.25. The zero-order chi connectivity index (χ0) is 11.4. The summed E-state index contributed by atoms with van der Waals surface area (Å²) in [5.41, 5.74) is 0. The standard InChI is InChI=1S/C10H17N3OS2/c1-7(2)15-10-13-12-9(16-10)11-6-8-4-3-5-14-8/h7-8H,3-6H2,1-2H3,(H,11,12). The summed E-state index contributed by atoms with van der Waals surface area (Å²) in [6.07, 6.45) is 2.68. The van der Waals surface area contributed by atoms with Crippen LogP contribution >= 0.6 is 23.1 Å². The third-order valence-corrected chi connectivity index (χ3v) is 4.22. The number of nitrogens with one attached hydrogen (secondary N) is 1. The van der Waals surface area contributed by atoms with Gasteiger partial charge < -0.3 is 10.1 Å². The maximum atomic E-state index is 5.53. The summed E-state index contributed by atoms with van der Waals surface area (Å²) >= 11 is 3.37. The van der Waals surface area contributed by atoms with Crippen LogP contribution in [-0.2, 0) is 4.74 Å². The second-order valence-corrected chi connectivity index (χ2v) is 6.86. The van der Waals surface area contributed by atoms with Crippen LogP contribution in [0.2, 0.25) is 0 Å². The van der Waals surface area contributed by atoms with Gasteiger partial charge in [0.25, 0.3) is 0 Å². The van der Waals surface area contributed by atoms with E-state index in [1.54, 1.807) is 23.1 Å². The Morgan fingerprint density at radius 3 is 3.12 bits per heavy atom. The molecule has 0 bridgehead atoms. The maximum Gasteiger partial charge on any atom is 0.206 e. The first-order valence-electron chi connectivity index (χ1n) is 5.59. The van der Waals surface area contributed by atoms with E-state index in [4.69, 9.17) is 4.74 Å². The third kappa shape index (κ3) is 3.61. The summed E-state index contributed by atoms with van der Waals surface area (Å²) in [5, 5.41) is 13.0. The summed E-state index contributed by atoms with van der Waals surface area (Å²) in [7, 11) is 0. The van der Waals surface area contributed by atoms with Crippen molar-refractivity contribution in [1.82, 2.24) is 10.2 Å². The van der Waals surface area contributed by atoms with Crippen molar-refractivity contribution < 1.29 is 4.74 Å². The topological polar surface area (TPSA) is 47.0 Å². The first kappa shape index (κ1) is 12.1. The van der Waals surface area contributed by atoms with Gasteiger partial charge in [0.1, 0.15) is 0 Å². The van der Waals surface area contributed by atoms with Gasteiger partial charge in [0.05, 0.1) is 6.10 Å². The number of aromatic nitrogens is 2. The van der Waals surface area contributed by atoms with Gasteiger partial charge in [-0.3, -0.25) is 0 Å². The number of hydrogen-bond donors (Lipinski definition) is 1. The first-order chi connectivity index (χ1) is 7.74. The molecule has 1 unspecified atom stereocenters. The largest absolute Gasteiger partial charge is 0.376 e. The zero-order valence-electron chi connectivity index (χ0n) is 9.60. The predicted octanol–water partition coefficient (Wildman–Crippen LogP) is 2.63. The molecule has 0 aliphatic carbocycles. The number of rotatable bonds is 5. The van der Waals surface area contributed by atoms with Crippen molar-refractivity contribution in [2.45, 2.75) is 42.4 Å². The molecular formula is C10H17N3OS2. The Hall–Kier alpha value is -0.330. The fourth-order valence-corrected chi connectivity index (χ4v) is 3.52. The Kier molecular flexibility index (Phi) is 4.43. The zero-order valence-corrected chi connectivity index (χ0v) is 11.2. The molecule has 1 atom stereocenters. The number of thioether (sulfide) groups is 1. The summed E-state index contributed by atoms with van der Waals surface area (Å²) in [5.74, 6) is 0. The molecule has 1 aromatic heterocycles. The average molecular weight is 259 g/mol. The van der Waals surface area contributed by atoms with Gasteiger partial charge in [-0.2, -0.15) is 0 Å². The molecule has 2 heterocycles. The predicted molar refractivity (Wildman–Crippen MR) is 68.4 cm³/mol. The molecule has 0 radical (unpaired) electrons. The van der Waals surface area contributed by atoms with Crippen LogP contribution in [0.25, 0.3) is 0 Å². The molecular weight excluding hydrogens is 242 g/mol. The average Bonchev–Trinajstić information content (AvgIpc) is 2.84. The highest BCUT2D eigenvalue weighted by molar-refractivity contribution is 8.01. The van der Waals surface area contributed by atoms with Gasteiger partial charge >= 0.3 is 0 Å². The van der Waals surface area contributed by atoms with Gasteiger partial charge in [0, 0.05) is 18.4 Å². The molecule has 16 heavy (non-hydrogen) atoms. The highest BCUT2D eigenvalue weighted by atomic mass is 32.2. The summed E-state index contributed by atoms with van der Waals surface area (Å²) in [6, 6.07) is 0. The summed E-state index contributed by atoms with van der Waals surface area (Å²) in [4.78, 5) is 0. The smallest absolute Gasteiger partial charge is 0.206 e.